The van der Waals surface area contributed by atoms with Crippen molar-refractivity contribution in [3.05, 3.63) is 47.3 Å². The summed E-state index contributed by atoms with van der Waals surface area (Å²) in [6, 6.07) is 8.89. The number of hydrogen-bond acceptors (Lipinski definition) is 5. The fourth-order valence-electron chi connectivity index (χ4n) is 2.41. The normalized spacial score (nSPS) is 17.4. The molecule has 2 aromatic rings. The van der Waals surface area contributed by atoms with Gasteiger partial charge in [-0.25, -0.2) is 14.3 Å². The number of benzene rings is 1. The van der Waals surface area contributed by atoms with Crippen LogP contribution in [0.3, 0.4) is 0 Å². The lowest BCUT2D eigenvalue weighted by Gasteiger charge is -2.09. The molecule has 3 rings (SSSR count). The Morgan fingerprint density at radius 2 is 2.05 bits per heavy atom. The fourth-order valence-corrected chi connectivity index (χ4v) is 2.41. The van der Waals surface area contributed by atoms with Gasteiger partial charge < -0.3 is 9.47 Å². The molecule has 1 aromatic carbocycles. The molecule has 1 fully saturated rings. The Morgan fingerprint density at radius 3 is 2.59 bits per heavy atom. The van der Waals surface area contributed by atoms with Gasteiger partial charge in [-0.2, -0.15) is 5.10 Å². The van der Waals surface area contributed by atoms with Crippen molar-refractivity contribution >= 4 is 11.9 Å². The third-order valence-electron chi connectivity index (χ3n) is 3.49. The van der Waals surface area contributed by atoms with Crippen molar-refractivity contribution < 1.29 is 19.1 Å². The van der Waals surface area contributed by atoms with E-state index < -0.39 is 18.0 Å². The molecular formula is C16H16N2O4. The lowest BCUT2D eigenvalue weighted by molar-refractivity contribution is -0.145. The van der Waals surface area contributed by atoms with Crippen LogP contribution in [0.25, 0.3) is 5.69 Å². The maximum atomic E-state index is 12.0. The van der Waals surface area contributed by atoms with Gasteiger partial charge in [0.25, 0.3) is 0 Å². The van der Waals surface area contributed by atoms with E-state index in [0.717, 1.165) is 17.1 Å². The Balaban J connectivity index is 1.75. The molecule has 6 nitrogen and oxygen atoms in total. The number of esters is 2. The second kappa shape index (κ2) is 5.63. The van der Waals surface area contributed by atoms with Crippen molar-refractivity contribution in [3.8, 4) is 5.69 Å². The first-order chi connectivity index (χ1) is 10.5. The van der Waals surface area contributed by atoms with E-state index >= 15 is 0 Å². The van der Waals surface area contributed by atoms with Gasteiger partial charge >= 0.3 is 11.9 Å². The van der Waals surface area contributed by atoms with Gasteiger partial charge in [-0.3, -0.25) is 0 Å². The van der Waals surface area contributed by atoms with Crippen LogP contribution in [0.4, 0.5) is 0 Å². The molecule has 0 amide bonds. The van der Waals surface area contributed by atoms with Crippen LogP contribution in [0.15, 0.2) is 30.3 Å². The van der Waals surface area contributed by atoms with E-state index in [1.54, 1.807) is 28.9 Å². The predicted octanol–water partition coefficient (Wildman–Crippen LogP) is 1.96. The van der Waals surface area contributed by atoms with E-state index in [-0.39, 0.29) is 0 Å². The first-order valence-corrected chi connectivity index (χ1v) is 7.06. The van der Waals surface area contributed by atoms with Gasteiger partial charge in [0, 0.05) is 12.1 Å². The standard InChI is InChI=1S/C16H16N2O4/c1-10-9-11(2)18(17-10)13-5-3-12(4-6-13)15(19)22-14-7-8-21-16(14)20/h3-6,9,14H,7-8H2,1-2H3/t14-/m0/s1. The molecule has 114 valence electrons. The minimum Gasteiger partial charge on any atom is -0.463 e. The van der Waals surface area contributed by atoms with Crippen LogP contribution in [0, 0.1) is 13.8 Å². The molecule has 1 atom stereocenters. The molecule has 2 heterocycles. The monoisotopic (exact) mass is 300 g/mol. The molecule has 0 N–H and O–H groups in total. The van der Waals surface area contributed by atoms with Gasteiger partial charge in [0.05, 0.1) is 23.6 Å². The van der Waals surface area contributed by atoms with Crippen LogP contribution >= 0.6 is 0 Å². The van der Waals surface area contributed by atoms with Crippen LogP contribution in [-0.4, -0.2) is 34.4 Å². The molecule has 0 aliphatic carbocycles. The minimum atomic E-state index is -0.789. The summed E-state index contributed by atoms with van der Waals surface area (Å²) in [5.74, 6) is -1.00. The van der Waals surface area contributed by atoms with E-state index in [2.05, 4.69) is 5.10 Å². The molecule has 6 heteroatoms. The molecular weight excluding hydrogens is 284 g/mol. The lowest BCUT2D eigenvalue weighted by atomic mass is 10.2. The summed E-state index contributed by atoms with van der Waals surface area (Å²) in [7, 11) is 0. The highest BCUT2D eigenvalue weighted by atomic mass is 16.6. The molecule has 0 spiro atoms. The van der Waals surface area contributed by atoms with Crippen LogP contribution in [-0.2, 0) is 14.3 Å². The first-order valence-electron chi connectivity index (χ1n) is 7.06. The number of cyclic esters (lactones) is 1. The molecule has 1 saturated heterocycles. The second-order valence-electron chi connectivity index (χ2n) is 5.24. The van der Waals surface area contributed by atoms with E-state index in [9.17, 15) is 9.59 Å². The molecule has 1 aromatic heterocycles. The summed E-state index contributed by atoms with van der Waals surface area (Å²) < 4.78 is 11.7. The van der Waals surface area contributed by atoms with Crippen LogP contribution < -0.4 is 0 Å². The average molecular weight is 300 g/mol. The summed E-state index contributed by atoms with van der Waals surface area (Å²) in [6.45, 7) is 4.19. The summed E-state index contributed by atoms with van der Waals surface area (Å²) in [5, 5.41) is 4.39. The summed E-state index contributed by atoms with van der Waals surface area (Å²) in [4.78, 5) is 23.3. The van der Waals surface area contributed by atoms with Crippen LogP contribution in [0.2, 0.25) is 0 Å². The largest absolute Gasteiger partial charge is 0.463 e. The maximum absolute atomic E-state index is 12.0. The highest BCUT2D eigenvalue weighted by molar-refractivity contribution is 5.91. The number of nitrogens with zero attached hydrogens (tertiary/aromatic N) is 2. The Hall–Kier alpha value is -2.63. The molecule has 22 heavy (non-hydrogen) atoms. The van der Waals surface area contributed by atoms with Crippen molar-refractivity contribution in [3.63, 3.8) is 0 Å². The van der Waals surface area contributed by atoms with E-state index in [1.807, 2.05) is 19.9 Å². The van der Waals surface area contributed by atoms with Crippen molar-refractivity contribution in [2.24, 2.45) is 0 Å². The minimum absolute atomic E-state index is 0.299. The molecule has 0 unspecified atom stereocenters. The van der Waals surface area contributed by atoms with Crippen molar-refractivity contribution in [1.29, 1.82) is 0 Å². The molecule has 0 saturated carbocycles. The zero-order valence-corrected chi connectivity index (χ0v) is 12.4. The SMILES string of the molecule is Cc1cc(C)n(-c2ccc(C(=O)O[C@H]3CCOC3=O)cc2)n1. The smallest absolute Gasteiger partial charge is 0.347 e. The Labute approximate surface area is 127 Å². The highest BCUT2D eigenvalue weighted by Crippen LogP contribution is 2.16. The Morgan fingerprint density at radius 1 is 1.32 bits per heavy atom. The van der Waals surface area contributed by atoms with E-state index in [0.29, 0.717) is 18.6 Å². The Kier molecular flexibility index (Phi) is 3.66. The number of ether oxygens (including phenoxy) is 2. The Bertz CT molecular complexity index is 718. The summed E-state index contributed by atoms with van der Waals surface area (Å²) in [6.07, 6.45) is -0.378. The predicted molar refractivity (Wildman–Crippen MR) is 77.8 cm³/mol. The van der Waals surface area contributed by atoms with Crippen LogP contribution in [0.1, 0.15) is 28.2 Å². The van der Waals surface area contributed by atoms with Crippen LogP contribution in [0.5, 0.6) is 0 Å². The highest BCUT2D eigenvalue weighted by Gasteiger charge is 2.30. The topological polar surface area (TPSA) is 70.4 Å². The molecule has 1 aliphatic rings. The number of rotatable bonds is 3. The van der Waals surface area contributed by atoms with E-state index in [4.69, 9.17) is 9.47 Å². The van der Waals surface area contributed by atoms with Crippen molar-refractivity contribution in [2.75, 3.05) is 6.61 Å². The van der Waals surface area contributed by atoms with Crippen molar-refractivity contribution in [1.82, 2.24) is 9.78 Å². The molecule has 1 aliphatic heterocycles. The zero-order valence-electron chi connectivity index (χ0n) is 12.4. The first kappa shape index (κ1) is 14.3. The molecule has 0 bridgehead atoms. The number of hydrogen-bond donors (Lipinski definition) is 0. The fraction of sp³-hybridized carbons (Fsp3) is 0.312. The summed E-state index contributed by atoms with van der Waals surface area (Å²) in [5.41, 5.74) is 3.20. The van der Waals surface area contributed by atoms with Gasteiger partial charge in [-0.05, 0) is 44.2 Å². The van der Waals surface area contributed by atoms with E-state index in [1.165, 1.54) is 0 Å². The quantitative estimate of drug-likeness (QED) is 0.810. The number of carbonyl (C=O) groups is 2. The lowest BCUT2D eigenvalue weighted by Crippen LogP contribution is -2.22. The second-order valence-corrected chi connectivity index (χ2v) is 5.24. The number of aromatic nitrogens is 2. The summed E-state index contributed by atoms with van der Waals surface area (Å²) >= 11 is 0. The third kappa shape index (κ3) is 2.72. The zero-order chi connectivity index (χ0) is 15.7. The van der Waals surface area contributed by atoms with Gasteiger partial charge in [-0.1, -0.05) is 0 Å². The van der Waals surface area contributed by atoms with Gasteiger partial charge in [0.15, 0.2) is 0 Å². The van der Waals surface area contributed by atoms with Gasteiger partial charge in [-0.15, -0.1) is 0 Å². The third-order valence-corrected chi connectivity index (χ3v) is 3.49. The maximum Gasteiger partial charge on any atom is 0.347 e. The number of aryl methyl sites for hydroxylation is 2. The number of carbonyl (C=O) groups excluding carboxylic acids is 2. The average Bonchev–Trinajstić information content (AvgIpc) is 3.05. The van der Waals surface area contributed by atoms with Gasteiger partial charge in [0.2, 0.25) is 6.10 Å². The van der Waals surface area contributed by atoms with Crippen molar-refractivity contribution in [2.45, 2.75) is 26.4 Å². The van der Waals surface area contributed by atoms with Gasteiger partial charge in [0.1, 0.15) is 0 Å². The molecule has 0 radical (unpaired) electrons.